The Hall–Kier alpha value is -1.62. The van der Waals surface area contributed by atoms with Crippen LogP contribution in [0.15, 0.2) is 12.3 Å². The molecular weight excluding hydrogens is 264 g/mol. The zero-order chi connectivity index (χ0) is 14.2. The lowest BCUT2D eigenvalue weighted by molar-refractivity contribution is 0.0304. The summed E-state index contributed by atoms with van der Waals surface area (Å²) in [5, 5.41) is 8.43. The number of aryl methyl sites for hydroxylation is 1. The van der Waals surface area contributed by atoms with Crippen LogP contribution < -0.4 is 4.90 Å². The molecule has 2 aliphatic rings. The molecule has 5 nitrogen and oxygen atoms in total. The summed E-state index contributed by atoms with van der Waals surface area (Å²) in [6, 6.07) is 2.15. The highest BCUT2D eigenvalue weighted by molar-refractivity contribution is 5.82. The normalized spacial score (nSPS) is 20.3. The van der Waals surface area contributed by atoms with Crippen molar-refractivity contribution in [3.63, 3.8) is 0 Å². The van der Waals surface area contributed by atoms with Crippen molar-refractivity contribution in [1.29, 1.82) is 0 Å². The van der Waals surface area contributed by atoms with Crippen LogP contribution in [0.1, 0.15) is 31.4 Å². The number of hydrogen-bond donors (Lipinski definition) is 1. The van der Waals surface area contributed by atoms with Crippen LogP contribution in [-0.4, -0.2) is 41.0 Å². The molecule has 0 spiro atoms. The van der Waals surface area contributed by atoms with E-state index < -0.39 is 0 Å². The van der Waals surface area contributed by atoms with Crippen molar-refractivity contribution >= 4 is 16.7 Å². The fourth-order valence-corrected chi connectivity index (χ4v) is 3.01. The van der Waals surface area contributed by atoms with Crippen LogP contribution in [0.3, 0.4) is 0 Å². The molecule has 0 aromatic carbocycles. The standard InChI is InChI=1S/C16H22N4O/c1-11-14-8-16(17-9-15(14)19-18-11)20-6-4-13(5-7-20)21-10-12-2-3-12/h8-9,12-13H,2-7,10H2,1H3,(H,18,19). The minimum atomic E-state index is 0.446. The SMILES string of the molecule is Cc1[nH]nc2cnc(N3CCC(OCC4CC4)CC3)cc12. The number of pyridine rings is 1. The molecule has 3 heterocycles. The minimum Gasteiger partial charge on any atom is -0.378 e. The van der Waals surface area contributed by atoms with Crippen molar-refractivity contribution in [2.75, 3.05) is 24.6 Å². The minimum absolute atomic E-state index is 0.446. The summed E-state index contributed by atoms with van der Waals surface area (Å²) < 4.78 is 6.01. The van der Waals surface area contributed by atoms with Gasteiger partial charge in [0, 0.05) is 30.8 Å². The molecule has 2 aromatic rings. The van der Waals surface area contributed by atoms with E-state index in [-0.39, 0.29) is 0 Å². The van der Waals surface area contributed by atoms with Crippen LogP contribution in [0, 0.1) is 12.8 Å². The second-order valence-electron chi connectivity index (χ2n) is 6.37. The molecule has 5 heteroatoms. The summed E-state index contributed by atoms with van der Waals surface area (Å²) >= 11 is 0. The molecule has 0 atom stereocenters. The molecule has 0 radical (unpaired) electrons. The Bertz CT molecular complexity index is 626. The average Bonchev–Trinajstić information content (AvgIpc) is 3.29. The van der Waals surface area contributed by atoms with E-state index in [2.05, 4.69) is 33.1 Å². The van der Waals surface area contributed by atoms with Gasteiger partial charge in [-0.3, -0.25) is 5.10 Å². The zero-order valence-corrected chi connectivity index (χ0v) is 12.5. The Morgan fingerprint density at radius 1 is 1.29 bits per heavy atom. The third-order valence-electron chi connectivity index (χ3n) is 4.65. The van der Waals surface area contributed by atoms with Crippen molar-refractivity contribution < 1.29 is 4.74 Å². The van der Waals surface area contributed by atoms with Crippen LogP contribution in [-0.2, 0) is 4.74 Å². The smallest absolute Gasteiger partial charge is 0.129 e. The van der Waals surface area contributed by atoms with Gasteiger partial charge in [-0.15, -0.1) is 0 Å². The van der Waals surface area contributed by atoms with Crippen molar-refractivity contribution in [2.45, 2.75) is 38.7 Å². The maximum Gasteiger partial charge on any atom is 0.129 e. The van der Waals surface area contributed by atoms with Crippen molar-refractivity contribution in [3.05, 3.63) is 18.0 Å². The molecule has 4 rings (SSSR count). The van der Waals surface area contributed by atoms with Crippen molar-refractivity contribution in [3.8, 4) is 0 Å². The van der Waals surface area contributed by atoms with Gasteiger partial charge in [0.25, 0.3) is 0 Å². The van der Waals surface area contributed by atoms with Gasteiger partial charge in [0.05, 0.1) is 12.3 Å². The average molecular weight is 286 g/mol. The molecule has 1 saturated carbocycles. The molecule has 1 N–H and O–H groups in total. The first kappa shape index (κ1) is 13.1. The van der Waals surface area contributed by atoms with E-state index in [1.54, 1.807) is 0 Å². The van der Waals surface area contributed by atoms with Crippen molar-refractivity contribution in [2.24, 2.45) is 5.92 Å². The number of anilines is 1. The predicted octanol–water partition coefficient (Wildman–Crippen LogP) is 2.66. The number of piperidine rings is 1. The predicted molar refractivity (Wildman–Crippen MR) is 82.5 cm³/mol. The number of rotatable bonds is 4. The summed E-state index contributed by atoms with van der Waals surface area (Å²) in [6.07, 6.45) is 7.26. The fraction of sp³-hybridized carbons (Fsp3) is 0.625. The molecule has 2 aromatic heterocycles. The molecule has 1 saturated heterocycles. The van der Waals surface area contributed by atoms with Gasteiger partial charge >= 0.3 is 0 Å². The largest absolute Gasteiger partial charge is 0.378 e. The highest BCUT2D eigenvalue weighted by atomic mass is 16.5. The summed E-state index contributed by atoms with van der Waals surface area (Å²) in [4.78, 5) is 6.92. The van der Waals surface area contributed by atoms with Gasteiger partial charge in [0.2, 0.25) is 0 Å². The van der Waals surface area contributed by atoms with Gasteiger partial charge < -0.3 is 9.64 Å². The Morgan fingerprint density at radius 2 is 2.10 bits per heavy atom. The lowest BCUT2D eigenvalue weighted by atomic mass is 10.1. The number of nitrogens with zero attached hydrogens (tertiary/aromatic N) is 3. The number of aromatic nitrogens is 3. The molecule has 112 valence electrons. The van der Waals surface area contributed by atoms with Gasteiger partial charge in [0.1, 0.15) is 11.3 Å². The third-order valence-corrected chi connectivity index (χ3v) is 4.65. The van der Waals surface area contributed by atoms with Crippen LogP contribution in [0.2, 0.25) is 0 Å². The Labute approximate surface area is 124 Å². The Kier molecular flexibility index (Phi) is 3.30. The van der Waals surface area contributed by atoms with Gasteiger partial charge in [-0.2, -0.15) is 5.10 Å². The second kappa shape index (κ2) is 5.30. The highest BCUT2D eigenvalue weighted by Gasteiger charge is 2.25. The van der Waals surface area contributed by atoms with E-state index in [4.69, 9.17) is 4.74 Å². The van der Waals surface area contributed by atoms with E-state index in [0.717, 1.165) is 55.5 Å². The first-order valence-corrected chi connectivity index (χ1v) is 7.97. The van der Waals surface area contributed by atoms with Crippen LogP contribution in [0.25, 0.3) is 10.9 Å². The molecule has 2 fully saturated rings. The molecule has 0 bridgehead atoms. The summed E-state index contributed by atoms with van der Waals surface area (Å²) in [7, 11) is 0. The quantitative estimate of drug-likeness (QED) is 0.939. The molecule has 0 amide bonds. The van der Waals surface area contributed by atoms with Gasteiger partial charge in [-0.05, 0) is 44.6 Å². The number of fused-ring (bicyclic) bond motifs is 1. The number of nitrogens with one attached hydrogen (secondary N) is 1. The number of hydrogen-bond acceptors (Lipinski definition) is 4. The molecule has 21 heavy (non-hydrogen) atoms. The summed E-state index contributed by atoms with van der Waals surface area (Å²) in [5.41, 5.74) is 2.05. The van der Waals surface area contributed by atoms with Gasteiger partial charge in [-0.1, -0.05) is 0 Å². The summed E-state index contributed by atoms with van der Waals surface area (Å²) in [6.45, 7) is 5.09. The Balaban J connectivity index is 1.40. The highest BCUT2D eigenvalue weighted by Crippen LogP contribution is 2.30. The van der Waals surface area contributed by atoms with E-state index in [0.29, 0.717) is 6.10 Å². The third kappa shape index (κ3) is 2.75. The first-order valence-electron chi connectivity index (χ1n) is 7.97. The van der Waals surface area contributed by atoms with Gasteiger partial charge in [-0.25, -0.2) is 4.98 Å². The number of aromatic amines is 1. The zero-order valence-electron chi connectivity index (χ0n) is 12.5. The second-order valence-corrected chi connectivity index (χ2v) is 6.37. The van der Waals surface area contributed by atoms with Crippen LogP contribution in [0.5, 0.6) is 0 Å². The van der Waals surface area contributed by atoms with Gasteiger partial charge in [0.15, 0.2) is 0 Å². The van der Waals surface area contributed by atoms with Crippen molar-refractivity contribution in [1.82, 2.24) is 15.2 Å². The monoisotopic (exact) mass is 286 g/mol. The van der Waals surface area contributed by atoms with E-state index in [1.165, 1.54) is 18.2 Å². The van der Waals surface area contributed by atoms with Crippen LogP contribution in [0.4, 0.5) is 5.82 Å². The van der Waals surface area contributed by atoms with E-state index in [1.807, 2.05) is 6.20 Å². The summed E-state index contributed by atoms with van der Waals surface area (Å²) in [5.74, 6) is 1.92. The maximum atomic E-state index is 6.01. The number of H-pyrrole nitrogens is 1. The van der Waals surface area contributed by atoms with E-state index >= 15 is 0 Å². The van der Waals surface area contributed by atoms with Crippen LogP contribution >= 0.6 is 0 Å². The lowest BCUT2D eigenvalue weighted by Crippen LogP contribution is -2.37. The molecular formula is C16H22N4O. The molecule has 1 aliphatic heterocycles. The first-order chi connectivity index (χ1) is 10.3. The van der Waals surface area contributed by atoms with E-state index in [9.17, 15) is 0 Å². The molecule has 1 aliphatic carbocycles. The fourth-order valence-electron chi connectivity index (χ4n) is 3.01. The maximum absolute atomic E-state index is 6.01. The Morgan fingerprint density at radius 3 is 2.86 bits per heavy atom. The molecule has 0 unspecified atom stereocenters. The topological polar surface area (TPSA) is 54.0 Å². The lowest BCUT2D eigenvalue weighted by Gasteiger charge is -2.32. The number of ether oxygens (including phenoxy) is 1.